The van der Waals surface area contributed by atoms with Crippen molar-refractivity contribution >= 4 is 0 Å². The molecule has 50 valence electrons. The number of aliphatic hydroxyl groups is 1. The second-order valence-electron chi connectivity index (χ2n) is 1.94. The predicted octanol–water partition coefficient (Wildman–Crippen LogP) is 1.00. The highest BCUT2D eigenvalue weighted by atomic mass is 16.3. The Morgan fingerprint density at radius 2 is 2.44 bits per heavy atom. The van der Waals surface area contributed by atoms with Crippen molar-refractivity contribution in [1.82, 2.24) is 4.57 Å². The number of aromatic nitrogens is 1. The molecule has 1 rings (SSSR count). The van der Waals surface area contributed by atoms with Crippen LogP contribution in [0, 0.1) is 0 Å². The van der Waals surface area contributed by atoms with E-state index < -0.39 is 0 Å². The highest BCUT2D eigenvalue weighted by Crippen LogP contribution is 2.00. The van der Waals surface area contributed by atoms with Gasteiger partial charge in [0.2, 0.25) is 0 Å². The first kappa shape index (κ1) is 6.36. The fourth-order valence-corrected chi connectivity index (χ4v) is 0.902. The molecule has 0 aliphatic rings. The number of aliphatic hydroxyl groups excluding tert-OH is 1. The van der Waals surface area contributed by atoms with Crippen LogP contribution in [-0.4, -0.2) is 9.67 Å². The zero-order valence-electron chi connectivity index (χ0n) is 5.54. The maximum Gasteiger partial charge on any atom is 0.0832 e. The Balaban J connectivity index is 2.85. The summed E-state index contributed by atoms with van der Waals surface area (Å²) in [5, 5.41) is 8.72. The molecule has 0 fully saturated rings. The minimum Gasteiger partial charge on any atom is -0.390 e. The fourth-order valence-electron chi connectivity index (χ4n) is 0.902. The average molecular weight is 125 g/mol. The molecule has 1 heterocycles. The van der Waals surface area contributed by atoms with Crippen molar-refractivity contribution in [2.24, 2.45) is 0 Å². The van der Waals surface area contributed by atoms with E-state index in [9.17, 15) is 0 Å². The molecule has 9 heavy (non-hydrogen) atoms. The smallest absolute Gasteiger partial charge is 0.0832 e. The lowest BCUT2D eigenvalue weighted by atomic mass is 10.4. The monoisotopic (exact) mass is 125 g/mol. The lowest BCUT2D eigenvalue weighted by Gasteiger charge is -2.00. The Kier molecular flexibility index (Phi) is 1.90. The minimum absolute atomic E-state index is 0.140. The molecule has 0 unspecified atom stereocenters. The van der Waals surface area contributed by atoms with Crippen molar-refractivity contribution < 1.29 is 5.11 Å². The van der Waals surface area contributed by atoms with E-state index in [0.717, 1.165) is 12.2 Å². The van der Waals surface area contributed by atoms with Crippen molar-refractivity contribution in [3.05, 3.63) is 24.0 Å². The van der Waals surface area contributed by atoms with E-state index in [1.165, 1.54) is 0 Å². The summed E-state index contributed by atoms with van der Waals surface area (Å²) in [5.41, 5.74) is 0.984. The molecule has 1 aromatic rings. The number of hydrogen-bond donors (Lipinski definition) is 1. The summed E-state index contributed by atoms with van der Waals surface area (Å²) < 4.78 is 2.01. The first-order chi connectivity index (χ1) is 4.38. The van der Waals surface area contributed by atoms with E-state index in [2.05, 4.69) is 6.92 Å². The first-order valence-corrected chi connectivity index (χ1v) is 3.13. The van der Waals surface area contributed by atoms with Gasteiger partial charge in [0, 0.05) is 18.4 Å². The van der Waals surface area contributed by atoms with Gasteiger partial charge in [0.15, 0.2) is 0 Å². The molecule has 0 saturated heterocycles. The maximum absolute atomic E-state index is 8.72. The third-order valence-corrected chi connectivity index (χ3v) is 1.43. The van der Waals surface area contributed by atoms with Crippen LogP contribution in [0.15, 0.2) is 18.3 Å². The van der Waals surface area contributed by atoms with Crippen LogP contribution in [0.25, 0.3) is 0 Å². The van der Waals surface area contributed by atoms with Crippen LogP contribution in [0.4, 0.5) is 0 Å². The van der Waals surface area contributed by atoms with Crippen LogP contribution in [0.3, 0.4) is 0 Å². The maximum atomic E-state index is 8.72. The Bertz CT molecular complexity index is 162. The summed E-state index contributed by atoms with van der Waals surface area (Å²) in [6.45, 7) is 3.13. The molecule has 1 N–H and O–H groups in total. The van der Waals surface area contributed by atoms with Gasteiger partial charge in [-0.2, -0.15) is 0 Å². The zero-order chi connectivity index (χ0) is 6.69. The van der Waals surface area contributed by atoms with Gasteiger partial charge in [0.1, 0.15) is 0 Å². The molecular formula is C7H11NO. The van der Waals surface area contributed by atoms with E-state index in [1.54, 1.807) is 0 Å². The molecular weight excluding hydrogens is 114 g/mol. The normalized spacial score (nSPS) is 10.0. The van der Waals surface area contributed by atoms with Crippen LogP contribution >= 0.6 is 0 Å². The molecule has 0 bridgehead atoms. The Morgan fingerprint density at radius 3 is 2.89 bits per heavy atom. The van der Waals surface area contributed by atoms with Gasteiger partial charge in [0.25, 0.3) is 0 Å². The highest BCUT2D eigenvalue weighted by Gasteiger charge is 1.93. The van der Waals surface area contributed by atoms with Crippen molar-refractivity contribution in [3.63, 3.8) is 0 Å². The molecule has 2 heteroatoms. The lowest BCUT2D eigenvalue weighted by molar-refractivity contribution is 0.271. The quantitative estimate of drug-likeness (QED) is 0.626. The second kappa shape index (κ2) is 2.69. The van der Waals surface area contributed by atoms with Gasteiger partial charge >= 0.3 is 0 Å². The van der Waals surface area contributed by atoms with E-state index in [0.29, 0.717) is 0 Å². The summed E-state index contributed by atoms with van der Waals surface area (Å²) in [6, 6.07) is 3.86. The number of nitrogens with zero attached hydrogens (tertiary/aromatic N) is 1. The standard InChI is InChI=1S/C7H11NO/c1-2-8-5-3-4-7(8)6-9/h3-5,9H,2,6H2,1H3. The first-order valence-electron chi connectivity index (χ1n) is 3.13. The van der Waals surface area contributed by atoms with Gasteiger partial charge in [0.05, 0.1) is 6.61 Å². The SMILES string of the molecule is CCn1cccc1CO. The molecule has 0 amide bonds. The molecule has 0 atom stereocenters. The summed E-state index contributed by atoms with van der Waals surface area (Å²) in [5.74, 6) is 0. The summed E-state index contributed by atoms with van der Waals surface area (Å²) >= 11 is 0. The lowest BCUT2D eigenvalue weighted by Crippen LogP contribution is -1.97. The van der Waals surface area contributed by atoms with Gasteiger partial charge in [-0.25, -0.2) is 0 Å². The topological polar surface area (TPSA) is 25.2 Å². The number of aryl methyl sites for hydroxylation is 1. The number of rotatable bonds is 2. The molecule has 2 nitrogen and oxygen atoms in total. The Labute approximate surface area is 54.7 Å². The minimum atomic E-state index is 0.140. The van der Waals surface area contributed by atoms with Gasteiger partial charge in [-0.05, 0) is 19.1 Å². The van der Waals surface area contributed by atoms with E-state index >= 15 is 0 Å². The van der Waals surface area contributed by atoms with Gasteiger partial charge in [-0.15, -0.1) is 0 Å². The third-order valence-electron chi connectivity index (χ3n) is 1.43. The molecule has 0 aliphatic heterocycles. The third kappa shape index (κ3) is 1.13. The van der Waals surface area contributed by atoms with Crippen LogP contribution < -0.4 is 0 Å². The summed E-state index contributed by atoms with van der Waals surface area (Å²) in [7, 11) is 0. The van der Waals surface area contributed by atoms with Crippen LogP contribution in [0.2, 0.25) is 0 Å². The van der Waals surface area contributed by atoms with Crippen LogP contribution in [0.1, 0.15) is 12.6 Å². The van der Waals surface area contributed by atoms with Gasteiger partial charge in [-0.3, -0.25) is 0 Å². The van der Waals surface area contributed by atoms with Gasteiger partial charge in [-0.1, -0.05) is 0 Å². The van der Waals surface area contributed by atoms with Crippen molar-refractivity contribution in [2.75, 3.05) is 0 Å². The van der Waals surface area contributed by atoms with Gasteiger partial charge < -0.3 is 9.67 Å². The predicted molar refractivity (Wildman–Crippen MR) is 36.0 cm³/mol. The summed E-state index contributed by atoms with van der Waals surface area (Å²) in [6.07, 6.45) is 1.96. The molecule has 0 saturated carbocycles. The molecule has 0 spiro atoms. The van der Waals surface area contributed by atoms with Crippen LogP contribution in [0.5, 0.6) is 0 Å². The largest absolute Gasteiger partial charge is 0.390 e. The zero-order valence-corrected chi connectivity index (χ0v) is 5.54. The van der Waals surface area contributed by atoms with Crippen molar-refractivity contribution in [3.8, 4) is 0 Å². The Morgan fingerprint density at radius 1 is 1.67 bits per heavy atom. The van der Waals surface area contributed by atoms with E-state index in [4.69, 9.17) is 5.11 Å². The fraction of sp³-hybridized carbons (Fsp3) is 0.429. The van der Waals surface area contributed by atoms with Crippen molar-refractivity contribution in [2.45, 2.75) is 20.1 Å². The molecule has 0 aliphatic carbocycles. The van der Waals surface area contributed by atoms with Crippen molar-refractivity contribution in [1.29, 1.82) is 0 Å². The van der Waals surface area contributed by atoms with Crippen LogP contribution in [-0.2, 0) is 13.2 Å². The summed E-state index contributed by atoms with van der Waals surface area (Å²) in [4.78, 5) is 0. The van der Waals surface area contributed by atoms with E-state index in [1.807, 2.05) is 22.9 Å². The Hall–Kier alpha value is -0.760. The number of hydrogen-bond acceptors (Lipinski definition) is 1. The van der Waals surface area contributed by atoms with E-state index in [-0.39, 0.29) is 6.61 Å². The molecule has 1 aromatic heterocycles. The molecule has 0 aromatic carbocycles. The second-order valence-corrected chi connectivity index (χ2v) is 1.94. The average Bonchev–Trinajstić information content (AvgIpc) is 2.33. The molecule has 0 radical (unpaired) electrons. The highest BCUT2D eigenvalue weighted by molar-refractivity contribution is 5.05.